The zero-order chi connectivity index (χ0) is 17.1. The third-order valence-corrected chi connectivity index (χ3v) is 5.28. The third-order valence-electron chi connectivity index (χ3n) is 5.28. The molecule has 0 bridgehead atoms. The van der Waals surface area contributed by atoms with Crippen LogP contribution in [-0.4, -0.2) is 0 Å². The smallest absolute Gasteiger partial charge is 0.00615 e. The highest BCUT2D eigenvalue weighted by Gasteiger charge is 2.31. The Morgan fingerprint density at radius 3 is 2.24 bits per heavy atom. The molecule has 2 unspecified atom stereocenters. The van der Waals surface area contributed by atoms with Gasteiger partial charge in [-0.3, -0.25) is 0 Å². The SMILES string of the molecule is CC1CC1=C(c1ccccc1)C(C=Cc1ccccc1)CC=C1CC1. The molecule has 0 aromatic heterocycles. The summed E-state index contributed by atoms with van der Waals surface area (Å²) in [5.41, 5.74) is 7.55. The van der Waals surface area contributed by atoms with E-state index in [9.17, 15) is 0 Å². The van der Waals surface area contributed by atoms with Crippen molar-refractivity contribution in [1.29, 1.82) is 0 Å². The quantitative estimate of drug-likeness (QED) is 0.505. The lowest BCUT2D eigenvalue weighted by atomic mass is 9.87. The largest absolute Gasteiger partial charge is 0.0844 e. The molecule has 2 aromatic rings. The fraction of sp³-hybridized carbons (Fsp3) is 0.280. The first kappa shape index (κ1) is 16.1. The topological polar surface area (TPSA) is 0 Å². The standard InChI is InChI=1S/C25H26/c1-19-18-24(19)25(22-10-6-3-7-11-22)23(17-15-21-12-13-21)16-14-20-8-4-2-5-9-20/h2-11,14-16,19,23H,12-13,17-18H2,1H3. The van der Waals surface area contributed by atoms with Crippen molar-refractivity contribution in [3.8, 4) is 0 Å². The number of rotatable bonds is 6. The normalized spacial score (nSPS) is 22.0. The van der Waals surface area contributed by atoms with E-state index in [4.69, 9.17) is 0 Å². The van der Waals surface area contributed by atoms with E-state index >= 15 is 0 Å². The number of hydrogen-bond donors (Lipinski definition) is 0. The highest BCUT2D eigenvalue weighted by atomic mass is 14.4. The lowest BCUT2D eigenvalue weighted by Gasteiger charge is -2.17. The molecule has 0 amide bonds. The van der Waals surface area contributed by atoms with Crippen LogP contribution in [0.1, 0.15) is 43.7 Å². The Labute approximate surface area is 151 Å². The van der Waals surface area contributed by atoms with Crippen molar-refractivity contribution in [1.82, 2.24) is 0 Å². The van der Waals surface area contributed by atoms with Crippen LogP contribution in [0.4, 0.5) is 0 Å². The molecule has 2 aromatic carbocycles. The van der Waals surface area contributed by atoms with Crippen LogP contribution in [0.2, 0.25) is 0 Å². The summed E-state index contributed by atoms with van der Waals surface area (Å²) in [6.07, 6.45) is 12.2. The van der Waals surface area contributed by atoms with Crippen LogP contribution < -0.4 is 0 Å². The summed E-state index contributed by atoms with van der Waals surface area (Å²) in [5, 5.41) is 0. The Morgan fingerprint density at radius 1 is 1.00 bits per heavy atom. The van der Waals surface area contributed by atoms with Gasteiger partial charge >= 0.3 is 0 Å². The van der Waals surface area contributed by atoms with E-state index in [-0.39, 0.29) is 0 Å². The van der Waals surface area contributed by atoms with Crippen LogP contribution in [0.3, 0.4) is 0 Å². The summed E-state index contributed by atoms with van der Waals surface area (Å²) in [7, 11) is 0. The van der Waals surface area contributed by atoms with Gasteiger partial charge in [-0.2, -0.15) is 0 Å². The van der Waals surface area contributed by atoms with Crippen molar-refractivity contribution in [2.24, 2.45) is 11.8 Å². The number of hydrogen-bond acceptors (Lipinski definition) is 0. The molecular formula is C25H26. The predicted octanol–water partition coefficient (Wildman–Crippen LogP) is 6.92. The number of allylic oxidation sites excluding steroid dienone is 5. The minimum absolute atomic E-state index is 0.468. The van der Waals surface area contributed by atoms with Crippen molar-refractivity contribution in [3.05, 3.63) is 95.1 Å². The highest BCUT2D eigenvalue weighted by Crippen LogP contribution is 2.47. The Hall–Kier alpha value is -2.34. The van der Waals surface area contributed by atoms with E-state index in [1.807, 2.05) is 0 Å². The fourth-order valence-corrected chi connectivity index (χ4v) is 3.56. The lowest BCUT2D eigenvalue weighted by molar-refractivity contribution is 0.850. The van der Waals surface area contributed by atoms with Crippen molar-refractivity contribution in [2.75, 3.05) is 0 Å². The van der Waals surface area contributed by atoms with Gasteiger partial charge in [0.2, 0.25) is 0 Å². The molecule has 4 rings (SSSR count). The van der Waals surface area contributed by atoms with E-state index in [1.165, 1.54) is 30.4 Å². The molecule has 0 aliphatic heterocycles. The minimum atomic E-state index is 0.468. The van der Waals surface area contributed by atoms with Crippen LogP contribution in [0.15, 0.2) is 84.0 Å². The first-order valence-corrected chi connectivity index (χ1v) is 9.51. The van der Waals surface area contributed by atoms with E-state index in [2.05, 4.69) is 85.8 Å². The Bertz CT molecular complexity index is 800. The van der Waals surface area contributed by atoms with E-state index < -0.39 is 0 Å². The summed E-state index contributed by atoms with van der Waals surface area (Å²) in [4.78, 5) is 0. The highest BCUT2D eigenvalue weighted by molar-refractivity contribution is 5.76. The fourth-order valence-electron chi connectivity index (χ4n) is 3.56. The average molecular weight is 326 g/mol. The van der Waals surface area contributed by atoms with Gasteiger partial charge in [-0.25, -0.2) is 0 Å². The molecule has 2 fully saturated rings. The molecule has 2 saturated carbocycles. The molecule has 126 valence electrons. The predicted molar refractivity (Wildman–Crippen MR) is 108 cm³/mol. The molecule has 25 heavy (non-hydrogen) atoms. The van der Waals surface area contributed by atoms with Gasteiger partial charge in [-0.15, -0.1) is 0 Å². The zero-order valence-corrected chi connectivity index (χ0v) is 15.0. The van der Waals surface area contributed by atoms with E-state index in [0.29, 0.717) is 5.92 Å². The maximum atomic E-state index is 2.48. The molecule has 0 saturated heterocycles. The van der Waals surface area contributed by atoms with Crippen molar-refractivity contribution in [3.63, 3.8) is 0 Å². The molecule has 0 N–H and O–H groups in total. The van der Waals surface area contributed by atoms with Crippen LogP contribution in [0.5, 0.6) is 0 Å². The minimum Gasteiger partial charge on any atom is -0.0844 e. The number of benzene rings is 2. The van der Waals surface area contributed by atoms with Gasteiger partial charge in [0.05, 0.1) is 0 Å². The molecule has 2 atom stereocenters. The van der Waals surface area contributed by atoms with E-state index in [0.717, 1.165) is 12.3 Å². The van der Waals surface area contributed by atoms with Crippen LogP contribution in [0, 0.1) is 11.8 Å². The van der Waals surface area contributed by atoms with Gasteiger partial charge in [0.1, 0.15) is 0 Å². The first-order chi connectivity index (χ1) is 12.3. The van der Waals surface area contributed by atoms with Crippen molar-refractivity contribution in [2.45, 2.75) is 32.6 Å². The molecule has 0 nitrogen and oxygen atoms in total. The Kier molecular flexibility index (Phi) is 4.70. The summed E-state index contributed by atoms with van der Waals surface area (Å²) >= 11 is 0. The maximum Gasteiger partial charge on any atom is 0.00615 e. The van der Waals surface area contributed by atoms with Crippen molar-refractivity contribution < 1.29 is 0 Å². The van der Waals surface area contributed by atoms with Gasteiger partial charge in [0, 0.05) is 5.92 Å². The zero-order valence-electron chi connectivity index (χ0n) is 15.0. The van der Waals surface area contributed by atoms with E-state index in [1.54, 1.807) is 16.7 Å². The Balaban J connectivity index is 1.68. The van der Waals surface area contributed by atoms with Gasteiger partial charge in [0.15, 0.2) is 0 Å². The third kappa shape index (κ3) is 4.20. The van der Waals surface area contributed by atoms with Crippen LogP contribution in [0.25, 0.3) is 11.6 Å². The monoisotopic (exact) mass is 326 g/mol. The summed E-state index contributed by atoms with van der Waals surface area (Å²) in [5.74, 6) is 1.21. The molecule has 0 spiro atoms. The Morgan fingerprint density at radius 2 is 1.64 bits per heavy atom. The molecule has 2 aliphatic carbocycles. The molecule has 0 heterocycles. The van der Waals surface area contributed by atoms with Crippen molar-refractivity contribution >= 4 is 11.6 Å². The van der Waals surface area contributed by atoms with Gasteiger partial charge in [0.25, 0.3) is 0 Å². The van der Waals surface area contributed by atoms with Gasteiger partial charge in [-0.1, -0.05) is 97.0 Å². The second-order valence-corrected chi connectivity index (χ2v) is 7.38. The second-order valence-electron chi connectivity index (χ2n) is 7.38. The van der Waals surface area contributed by atoms with Gasteiger partial charge in [-0.05, 0) is 48.3 Å². The summed E-state index contributed by atoms with van der Waals surface area (Å²) in [6.45, 7) is 2.36. The summed E-state index contributed by atoms with van der Waals surface area (Å²) in [6, 6.07) is 21.7. The lowest BCUT2D eigenvalue weighted by Crippen LogP contribution is -2.00. The van der Waals surface area contributed by atoms with Gasteiger partial charge < -0.3 is 0 Å². The van der Waals surface area contributed by atoms with Crippen LogP contribution >= 0.6 is 0 Å². The average Bonchev–Trinajstić information content (AvgIpc) is 3.58. The first-order valence-electron chi connectivity index (χ1n) is 9.51. The molecule has 2 aliphatic rings. The van der Waals surface area contributed by atoms with Crippen LogP contribution in [-0.2, 0) is 0 Å². The summed E-state index contributed by atoms with van der Waals surface area (Å²) < 4.78 is 0. The maximum absolute atomic E-state index is 2.48. The molecular weight excluding hydrogens is 300 g/mol. The molecule has 0 radical (unpaired) electrons. The second kappa shape index (κ2) is 7.27. The molecule has 0 heteroatoms.